The number of hydrogen-bond donors (Lipinski definition) is 1. The van der Waals surface area contributed by atoms with Gasteiger partial charge in [0, 0.05) is 0 Å². The van der Waals surface area contributed by atoms with E-state index in [9.17, 15) is 18.0 Å². The Kier molecular flexibility index (Phi) is 5.05. The summed E-state index contributed by atoms with van der Waals surface area (Å²) in [4.78, 5) is 11.3. The topological polar surface area (TPSA) is 52.3 Å². The van der Waals surface area contributed by atoms with Gasteiger partial charge in [-0.25, -0.2) is 0 Å². The van der Waals surface area contributed by atoms with Crippen LogP contribution in [0.25, 0.3) is 11.1 Å². The summed E-state index contributed by atoms with van der Waals surface area (Å²) >= 11 is 0. The molecule has 23 heavy (non-hydrogen) atoms. The molecule has 0 aliphatic carbocycles. The third kappa shape index (κ3) is 4.32. The van der Waals surface area contributed by atoms with Gasteiger partial charge in [-0.3, -0.25) is 4.79 Å². The second-order valence-electron chi connectivity index (χ2n) is 5.11. The zero-order chi connectivity index (χ0) is 17.0. The van der Waals surface area contributed by atoms with E-state index in [2.05, 4.69) is 4.74 Å². The van der Waals surface area contributed by atoms with Gasteiger partial charge in [-0.05, 0) is 35.2 Å². The number of benzene rings is 2. The smallest absolute Gasteiger partial charge is 0.416 e. The summed E-state index contributed by atoms with van der Waals surface area (Å²) in [6, 6.07) is 11.3. The Morgan fingerprint density at radius 1 is 1.13 bits per heavy atom. The van der Waals surface area contributed by atoms with E-state index >= 15 is 0 Å². The molecule has 0 radical (unpaired) electrons. The molecule has 3 nitrogen and oxygen atoms in total. The number of ether oxygens (including phenoxy) is 1. The van der Waals surface area contributed by atoms with Crippen LogP contribution in [0.2, 0.25) is 0 Å². The second-order valence-corrected chi connectivity index (χ2v) is 5.11. The van der Waals surface area contributed by atoms with Crippen molar-refractivity contribution in [2.75, 3.05) is 7.11 Å². The molecule has 0 saturated heterocycles. The third-order valence-electron chi connectivity index (χ3n) is 3.43. The molecule has 6 heteroatoms. The van der Waals surface area contributed by atoms with Gasteiger partial charge >= 0.3 is 12.1 Å². The zero-order valence-electron chi connectivity index (χ0n) is 12.4. The SMILES string of the molecule is COC(=O)C(N)Cc1cccc(-c2ccc(C(F)(F)F)cc2)c1. The number of rotatable bonds is 4. The number of carbonyl (C=O) groups is 1. The molecule has 0 amide bonds. The zero-order valence-corrected chi connectivity index (χ0v) is 12.4. The molecule has 2 rings (SSSR count). The maximum absolute atomic E-state index is 12.6. The van der Waals surface area contributed by atoms with Crippen molar-refractivity contribution < 1.29 is 22.7 Å². The van der Waals surface area contributed by atoms with Crippen LogP contribution in [-0.4, -0.2) is 19.1 Å². The Hall–Kier alpha value is -2.34. The van der Waals surface area contributed by atoms with Crippen LogP contribution in [0.4, 0.5) is 13.2 Å². The lowest BCUT2D eigenvalue weighted by Gasteiger charge is -2.11. The Balaban J connectivity index is 2.21. The van der Waals surface area contributed by atoms with Crippen LogP contribution >= 0.6 is 0 Å². The Morgan fingerprint density at radius 3 is 2.35 bits per heavy atom. The normalized spacial score (nSPS) is 12.7. The highest BCUT2D eigenvalue weighted by atomic mass is 19.4. The molecule has 0 spiro atoms. The quantitative estimate of drug-likeness (QED) is 0.877. The lowest BCUT2D eigenvalue weighted by molar-refractivity contribution is -0.142. The van der Waals surface area contributed by atoms with Crippen molar-refractivity contribution in [1.29, 1.82) is 0 Å². The number of esters is 1. The summed E-state index contributed by atoms with van der Waals surface area (Å²) in [5, 5.41) is 0. The van der Waals surface area contributed by atoms with Crippen LogP contribution in [0.5, 0.6) is 0 Å². The highest BCUT2D eigenvalue weighted by Gasteiger charge is 2.29. The fraction of sp³-hybridized carbons (Fsp3) is 0.235. The molecule has 0 fully saturated rings. The van der Waals surface area contributed by atoms with Crippen molar-refractivity contribution >= 4 is 5.97 Å². The van der Waals surface area contributed by atoms with E-state index < -0.39 is 23.8 Å². The van der Waals surface area contributed by atoms with Crippen molar-refractivity contribution in [3.8, 4) is 11.1 Å². The predicted molar refractivity (Wildman–Crippen MR) is 80.6 cm³/mol. The van der Waals surface area contributed by atoms with Gasteiger partial charge in [0.2, 0.25) is 0 Å². The number of hydrogen-bond acceptors (Lipinski definition) is 3. The van der Waals surface area contributed by atoms with Crippen LogP contribution in [0.3, 0.4) is 0 Å². The fourth-order valence-electron chi connectivity index (χ4n) is 2.22. The van der Waals surface area contributed by atoms with Crippen molar-refractivity contribution in [2.45, 2.75) is 18.6 Å². The Labute approximate surface area is 131 Å². The van der Waals surface area contributed by atoms with Gasteiger partial charge in [-0.1, -0.05) is 36.4 Å². The first-order valence-corrected chi connectivity index (χ1v) is 6.91. The molecule has 0 aliphatic rings. The minimum absolute atomic E-state index is 0.293. The van der Waals surface area contributed by atoms with Gasteiger partial charge in [-0.2, -0.15) is 13.2 Å². The Bertz CT molecular complexity index is 681. The van der Waals surface area contributed by atoms with Gasteiger partial charge < -0.3 is 10.5 Å². The molecular formula is C17H16F3NO2. The summed E-state index contributed by atoms with van der Waals surface area (Å²) in [6.07, 6.45) is -4.06. The standard InChI is InChI=1S/C17H16F3NO2/c1-23-16(22)15(21)10-11-3-2-4-13(9-11)12-5-7-14(8-6-12)17(18,19)20/h2-9,15H,10,21H2,1H3. The first-order chi connectivity index (χ1) is 10.8. The van der Waals surface area contributed by atoms with Crippen molar-refractivity contribution in [1.82, 2.24) is 0 Å². The number of alkyl halides is 3. The summed E-state index contributed by atoms with van der Waals surface area (Å²) < 4.78 is 42.3. The summed E-state index contributed by atoms with van der Waals surface area (Å²) in [5.41, 5.74) is 7.25. The maximum Gasteiger partial charge on any atom is 0.416 e. The van der Waals surface area contributed by atoms with Gasteiger partial charge in [-0.15, -0.1) is 0 Å². The number of halogens is 3. The number of nitrogens with two attached hydrogens (primary N) is 1. The largest absolute Gasteiger partial charge is 0.468 e. The fourth-order valence-corrected chi connectivity index (χ4v) is 2.22. The first-order valence-electron chi connectivity index (χ1n) is 6.91. The van der Waals surface area contributed by atoms with Gasteiger partial charge in [0.05, 0.1) is 12.7 Å². The molecule has 2 aromatic rings. The van der Waals surface area contributed by atoms with Gasteiger partial charge in [0.25, 0.3) is 0 Å². The minimum Gasteiger partial charge on any atom is -0.468 e. The highest BCUT2D eigenvalue weighted by Crippen LogP contribution is 2.31. The molecule has 0 heterocycles. The maximum atomic E-state index is 12.6. The van der Waals surface area contributed by atoms with E-state index in [4.69, 9.17) is 5.73 Å². The van der Waals surface area contributed by atoms with Crippen LogP contribution < -0.4 is 5.73 Å². The van der Waals surface area contributed by atoms with E-state index in [1.165, 1.54) is 19.2 Å². The molecule has 1 unspecified atom stereocenters. The third-order valence-corrected chi connectivity index (χ3v) is 3.43. The number of methoxy groups -OCH3 is 1. The molecule has 122 valence electrons. The molecule has 0 aromatic heterocycles. The molecule has 2 aromatic carbocycles. The van der Waals surface area contributed by atoms with E-state index in [0.29, 0.717) is 12.0 Å². The van der Waals surface area contributed by atoms with E-state index in [1.807, 2.05) is 0 Å². The Morgan fingerprint density at radius 2 is 1.78 bits per heavy atom. The molecule has 0 bridgehead atoms. The van der Waals surface area contributed by atoms with Gasteiger partial charge in [0.15, 0.2) is 0 Å². The second kappa shape index (κ2) is 6.83. The summed E-state index contributed by atoms with van der Waals surface area (Å²) in [7, 11) is 1.26. The molecule has 2 N–H and O–H groups in total. The monoisotopic (exact) mass is 323 g/mol. The van der Waals surface area contributed by atoms with Crippen molar-refractivity contribution in [3.05, 3.63) is 59.7 Å². The summed E-state index contributed by atoms with van der Waals surface area (Å²) in [5.74, 6) is -0.509. The molecule has 0 aliphatic heterocycles. The lowest BCUT2D eigenvalue weighted by atomic mass is 9.99. The predicted octanol–water partition coefficient (Wildman–Crippen LogP) is 3.42. The van der Waals surface area contributed by atoms with Crippen molar-refractivity contribution in [3.63, 3.8) is 0 Å². The van der Waals surface area contributed by atoms with Gasteiger partial charge in [0.1, 0.15) is 6.04 Å². The minimum atomic E-state index is -4.35. The van der Waals surface area contributed by atoms with Crippen LogP contribution in [-0.2, 0) is 22.1 Å². The number of carbonyl (C=O) groups excluding carboxylic acids is 1. The molecule has 1 atom stereocenters. The van der Waals surface area contributed by atoms with E-state index in [1.54, 1.807) is 24.3 Å². The van der Waals surface area contributed by atoms with E-state index in [0.717, 1.165) is 23.3 Å². The average molecular weight is 323 g/mol. The molecular weight excluding hydrogens is 307 g/mol. The first kappa shape index (κ1) is 17.0. The van der Waals surface area contributed by atoms with Crippen LogP contribution in [0.1, 0.15) is 11.1 Å². The lowest BCUT2D eigenvalue weighted by Crippen LogP contribution is -2.33. The molecule has 0 saturated carbocycles. The van der Waals surface area contributed by atoms with Crippen molar-refractivity contribution in [2.24, 2.45) is 5.73 Å². The average Bonchev–Trinajstić information content (AvgIpc) is 2.53. The van der Waals surface area contributed by atoms with E-state index in [-0.39, 0.29) is 0 Å². The van der Waals surface area contributed by atoms with Crippen LogP contribution in [0, 0.1) is 0 Å². The summed E-state index contributed by atoms with van der Waals surface area (Å²) in [6.45, 7) is 0. The highest BCUT2D eigenvalue weighted by molar-refractivity contribution is 5.76. The van der Waals surface area contributed by atoms with Crippen LogP contribution in [0.15, 0.2) is 48.5 Å².